The van der Waals surface area contributed by atoms with Crippen LogP contribution in [0.5, 0.6) is 0 Å². The number of nitrogens with zero attached hydrogens (tertiary/aromatic N) is 1. The fourth-order valence-electron chi connectivity index (χ4n) is 1.49. The zero-order chi connectivity index (χ0) is 12.5. The maximum atomic E-state index is 11.2. The van der Waals surface area contributed by atoms with E-state index in [1.165, 1.54) is 12.1 Å². The first-order valence-electron chi connectivity index (χ1n) is 4.84. The Kier molecular flexibility index (Phi) is 2.84. The fraction of sp³-hybridized carbons (Fsp3) is 0.200. The predicted molar refractivity (Wildman–Crippen MR) is 61.5 cm³/mol. The molecular weight excluding hydrogens is 244 g/mol. The van der Waals surface area contributed by atoms with E-state index in [1.54, 1.807) is 12.1 Å². The van der Waals surface area contributed by atoms with Gasteiger partial charge in [0.2, 0.25) is 0 Å². The van der Waals surface area contributed by atoms with Gasteiger partial charge in [0.15, 0.2) is 15.5 Å². The van der Waals surface area contributed by atoms with E-state index in [0.717, 1.165) is 5.41 Å². The molecule has 7 heteroatoms. The topological polar surface area (TPSA) is 96.4 Å². The van der Waals surface area contributed by atoms with Crippen molar-refractivity contribution in [1.29, 1.82) is 0 Å². The van der Waals surface area contributed by atoms with Gasteiger partial charge in [0.05, 0.1) is 11.8 Å². The fourth-order valence-corrected chi connectivity index (χ4v) is 2.73. The minimum atomic E-state index is -3.13. The molecule has 1 aromatic heterocycles. The Morgan fingerprint density at radius 2 is 2.24 bits per heavy atom. The number of hydrogen-bond donors (Lipinski definition) is 2. The molecule has 0 saturated heterocycles. The number of nitrogens with one attached hydrogen (secondary N) is 1. The van der Waals surface area contributed by atoms with Crippen LogP contribution in [0.2, 0.25) is 0 Å². The molecule has 1 aromatic rings. The van der Waals surface area contributed by atoms with E-state index in [1.807, 2.05) is 0 Å². The van der Waals surface area contributed by atoms with Crippen molar-refractivity contribution in [2.24, 2.45) is 0 Å². The van der Waals surface area contributed by atoms with Crippen LogP contribution in [0.1, 0.15) is 10.5 Å². The van der Waals surface area contributed by atoms with Crippen LogP contribution in [0.3, 0.4) is 0 Å². The van der Waals surface area contributed by atoms with Crippen molar-refractivity contribution in [2.75, 3.05) is 11.1 Å². The summed E-state index contributed by atoms with van der Waals surface area (Å²) < 4.78 is 22.3. The molecule has 0 fully saturated rings. The molecule has 2 N–H and O–H groups in total. The lowest BCUT2D eigenvalue weighted by Gasteiger charge is -2.10. The highest BCUT2D eigenvalue weighted by Gasteiger charge is 2.21. The molecule has 90 valence electrons. The summed E-state index contributed by atoms with van der Waals surface area (Å²) in [5, 5.41) is 12.7. The van der Waals surface area contributed by atoms with Gasteiger partial charge in [0.1, 0.15) is 5.82 Å². The standard InChI is InChI=1S/C10H10N2O4S/c13-10(14)8-2-1-3-9(12-8)11-7-4-5-17(15,16)6-7/h1-5,7H,6H2,(H,11,12)(H,13,14). The molecule has 0 saturated carbocycles. The minimum Gasteiger partial charge on any atom is -0.477 e. The smallest absolute Gasteiger partial charge is 0.354 e. The lowest BCUT2D eigenvalue weighted by Crippen LogP contribution is -2.21. The van der Waals surface area contributed by atoms with Gasteiger partial charge in [-0.1, -0.05) is 6.07 Å². The molecule has 0 aromatic carbocycles. The number of pyridine rings is 1. The Labute approximate surface area is 97.9 Å². The van der Waals surface area contributed by atoms with E-state index in [-0.39, 0.29) is 17.5 Å². The van der Waals surface area contributed by atoms with Gasteiger partial charge in [-0.15, -0.1) is 0 Å². The van der Waals surface area contributed by atoms with Crippen molar-refractivity contribution >= 4 is 21.6 Å². The summed E-state index contributed by atoms with van der Waals surface area (Å²) in [6, 6.07) is 4.14. The zero-order valence-electron chi connectivity index (χ0n) is 8.70. The SMILES string of the molecule is O=C(O)c1cccc(NC2C=CS(=O)(=O)C2)n1. The average molecular weight is 254 g/mol. The summed E-state index contributed by atoms with van der Waals surface area (Å²) >= 11 is 0. The van der Waals surface area contributed by atoms with Gasteiger partial charge in [-0.2, -0.15) is 0 Å². The Morgan fingerprint density at radius 1 is 1.47 bits per heavy atom. The second-order valence-corrected chi connectivity index (χ2v) is 5.55. The third-order valence-corrected chi connectivity index (χ3v) is 3.63. The second-order valence-electron chi connectivity index (χ2n) is 3.62. The van der Waals surface area contributed by atoms with Gasteiger partial charge in [-0.3, -0.25) is 0 Å². The normalized spacial score (nSPS) is 21.3. The van der Waals surface area contributed by atoms with Gasteiger partial charge in [-0.05, 0) is 18.2 Å². The number of carbonyl (C=O) groups is 1. The van der Waals surface area contributed by atoms with Crippen molar-refractivity contribution in [3.8, 4) is 0 Å². The number of sulfone groups is 1. The molecule has 0 aliphatic carbocycles. The van der Waals surface area contributed by atoms with E-state index in [0.29, 0.717) is 5.82 Å². The van der Waals surface area contributed by atoms with Gasteiger partial charge in [0, 0.05) is 5.41 Å². The summed E-state index contributed by atoms with van der Waals surface area (Å²) in [7, 11) is -3.13. The van der Waals surface area contributed by atoms with Crippen molar-refractivity contribution < 1.29 is 18.3 Å². The van der Waals surface area contributed by atoms with Crippen LogP contribution >= 0.6 is 0 Å². The van der Waals surface area contributed by atoms with Crippen LogP contribution in [-0.2, 0) is 9.84 Å². The van der Waals surface area contributed by atoms with Crippen molar-refractivity contribution in [3.63, 3.8) is 0 Å². The average Bonchev–Trinajstić information content (AvgIpc) is 2.58. The summed E-state index contributed by atoms with van der Waals surface area (Å²) in [6.07, 6.45) is 1.52. The van der Waals surface area contributed by atoms with Crippen molar-refractivity contribution in [2.45, 2.75) is 6.04 Å². The number of hydrogen-bond acceptors (Lipinski definition) is 5. The molecule has 1 unspecified atom stereocenters. The van der Waals surface area contributed by atoms with Crippen LogP contribution in [0, 0.1) is 0 Å². The summed E-state index contributed by atoms with van der Waals surface area (Å²) in [5.41, 5.74) is -0.0835. The van der Waals surface area contributed by atoms with E-state index in [9.17, 15) is 13.2 Å². The maximum Gasteiger partial charge on any atom is 0.354 e. The van der Waals surface area contributed by atoms with Gasteiger partial charge >= 0.3 is 5.97 Å². The molecule has 17 heavy (non-hydrogen) atoms. The molecule has 1 aliphatic rings. The number of anilines is 1. The number of aromatic carboxylic acids is 1. The van der Waals surface area contributed by atoms with Gasteiger partial charge in [-0.25, -0.2) is 18.2 Å². The van der Waals surface area contributed by atoms with Crippen LogP contribution in [0.4, 0.5) is 5.82 Å². The molecule has 0 spiro atoms. The quantitative estimate of drug-likeness (QED) is 0.815. The van der Waals surface area contributed by atoms with E-state index in [2.05, 4.69) is 10.3 Å². The number of aromatic nitrogens is 1. The first-order chi connectivity index (χ1) is 7.96. The number of carboxylic acids is 1. The van der Waals surface area contributed by atoms with Gasteiger partial charge < -0.3 is 10.4 Å². The molecule has 0 amide bonds. The molecule has 2 heterocycles. The highest BCUT2D eigenvalue weighted by molar-refractivity contribution is 7.94. The third kappa shape index (κ3) is 2.82. The second kappa shape index (κ2) is 4.17. The molecular formula is C10H10N2O4S. The zero-order valence-corrected chi connectivity index (χ0v) is 9.52. The Balaban J connectivity index is 2.13. The molecule has 1 atom stereocenters. The molecule has 6 nitrogen and oxygen atoms in total. The highest BCUT2D eigenvalue weighted by Crippen LogP contribution is 2.13. The molecule has 0 bridgehead atoms. The molecule has 2 rings (SSSR count). The van der Waals surface area contributed by atoms with Crippen molar-refractivity contribution in [3.05, 3.63) is 35.4 Å². The molecule has 1 aliphatic heterocycles. The minimum absolute atomic E-state index is 0.0357. The summed E-state index contributed by atoms with van der Waals surface area (Å²) in [5.74, 6) is -0.814. The van der Waals surface area contributed by atoms with Crippen molar-refractivity contribution in [1.82, 2.24) is 4.98 Å². The summed E-state index contributed by atoms with van der Waals surface area (Å²) in [6.45, 7) is 0. The highest BCUT2D eigenvalue weighted by atomic mass is 32.2. The third-order valence-electron chi connectivity index (χ3n) is 2.23. The first kappa shape index (κ1) is 11.6. The van der Waals surface area contributed by atoms with Crippen LogP contribution < -0.4 is 5.32 Å². The van der Waals surface area contributed by atoms with Crippen LogP contribution in [0.25, 0.3) is 0 Å². The Bertz CT molecular complexity index is 580. The largest absolute Gasteiger partial charge is 0.477 e. The summed E-state index contributed by atoms with van der Waals surface area (Å²) in [4.78, 5) is 14.5. The first-order valence-corrected chi connectivity index (χ1v) is 6.56. The lowest BCUT2D eigenvalue weighted by atomic mass is 10.3. The number of carboxylic acid groups (broad SMARTS) is 1. The molecule has 0 radical (unpaired) electrons. The van der Waals surface area contributed by atoms with E-state index in [4.69, 9.17) is 5.11 Å². The Morgan fingerprint density at radius 3 is 2.82 bits per heavy atom. The van der Waals surface area contributed by atoms with Gasteiger partial charge in [0.25, 0.3) is 0 Å². The number of rotatable bonds is 3. The maximum absolute atomic E-state index is 11.2. The van der Waals surface area contributed by atoms with Crippen LogP contribution in [0.15, 0.2) is 29.7 Å². The predicted octanol–water partition coefficient (Wildman–Crippen LogP) is 0.502. The van der Waals surface area contributed by atoms with E-state index >= 15 is 0 Å². The lowest BCUT2D eigenvalue weighted by molar-refractivity contribution is 0.0690. The monoisotopic (exact) mass is 254 g/mol. The Hall–Kier alpha value is -1.89. The van der Waals surface area contributed by atoms with E-state index < -0.39 is 15.8 Å². The van der Waals surface area contributed by atoms with Crippen LogP contribution in [-0.4, -0.2) is 36.3 Å².